The molecule has 4 nitrogen and oxygen atoms in total. The number of carbonyl (C=O) groups excluding carboxylic acids is 2. The molecule has 19 heavy (non-hydrogen) atoms. The van der Waals surface area contributed by atoms with Crippen molar-refractivity contribution in [1.29, 1.82) is 0 Å². The van der Waals surface area contributed by atoms with E-state index < -0.39 is 5.91 Å². The molecule has 2 amide bonds. The molecule has 3 N–H and O–H groups in total. The molecule has 1 heterocycles. The van der Waals surface area contributed by atoms with Crippen LogP contribution in [0, 0.1) is 5.92 Å². The summed E-state index contributed by atoms with van der Waals surface area (Å²) in [5, 5.41) is 4.16. The lowest BCUT2D eigenvalue weighted by atomic mass is 10.1. The fraction of sp³-hybridized carbons (Fsp3) is 0.231. The molecule has 1 saturated carbocycles. The van der Waals surface area contributed by atoms with Crippen molar-refractivity contribution in [2.24, 2.45) is 11.7 Å². The Morgan fingerprint density at radius 1 is 1.37 bits per heavy atom. The van der Waals surface area contributed by atoms with Crippen LogP contribution >= 0.6 is 27.3 Å². The molecule has 1 fully saturated rings. The highest BCUT2D eigenvalue weighted by Crippen LogP contribution is 2.38. The molecule has 0 radical (unpaired) electrons. The minimum absolute atomic E-state index is 0.0203. The Morgan fingerprint density at radius 3 is 2.74 bits per heavy atom. The summed E-state index contributed by atoms with van der Waals surface area (Å²) in [5.74, 6) is -0.443. The van der Waals surface area contributed by atoms with E-state index in [1.54, 1.807) is 0 Å². The highest BCUT2D eigenvalue weighted by Gasteiger charge is 2.31. The summed E-state index contributed by atoms with van der Waals surface area (Å²) in [6.45, 7) is 0. The van der Waals surface area contributed by atoms with Gasteiger partial charge in [0.1, 0.15) is 5.00 Å². The number of nitrogens with one attached hydrogen (secondary N) is 1. The molecule has 0 aliphatic heterocycles. The van der Waals surface area contributed by atoms with E-state index in [1.807, 2.05) is 18.2 Å². The number of fused-ring (bicyclic) bond motifs is 1. The van der Waals surface area contributed by atoms with E-state index in [4.69, 9.17) is 5.73 Å². The molecule has 0 unspecified atom stereocenters. The number of nitrogens with two attached hydrogens (primary N) is 1. The van der Waals surface area contributed by atoms with Crippen LogP contribution in [0.25, 0.3) is 10.1 Å². The number of hydrogen-bond donors (Lipinski definition) is 2. The Balaban J connectivity index is 2.09. The van der Waals surface area contributed by atoms with Gasteiger partial charge in [0, 0.05) is 20.5 Å². The van der Waals surface area contributed by atoms with Gasteiger partial charge in [0.15, 0.2) is 0 Å². The van der Waals surface area contributed by atoms with E-state index in [1.165, 1.54) is 11.3 Å². The highest BCUT2D eigenvalue weighted by molar-refractivity contribution is 9.10. The Bertz CT molecular complexity index is 691. The SMILES string of the molecule is NC(=O)c1c(NC(=O)C2CC2)sc2ccc(Br)cc12. The number of hydrogen-bond acceptors (Lipinski definition) is 3. The van der Waals surface area contributed by atoms with Crippen LogP contribution in [-0.2, 0) is 4.79 Å². The van der Waals surface area contributed by atoms with Crippen LogP contribution in [0.5, 0.6) is 0 Å². The zero-order valence-corrected chi connectivity index (χ0v) is 12.3. The van der Waals surface area contributed by atoms with Crippen LogP contribution in [0.4, 0.5) is 5.00 Å². The van der Waals surface area contributed by atoms with Gasteiger partial charge in [-0.3, -0.25) is 9.59 Å². The minimum atomic E-state index is -0.518. The predicted molar refractivity (Wildman–Crippen MR) is 79.4 cm³/mol. The van der Waals surface area contributed by atoms with E-state index in [2.05, 4.69) is 21.2 Å². The monoisotopic (exact) mass is 338 g/mol. The summed E-state index contributed by atoms with van der Waals surface area (Å²) in [4.78, 5) is 23.5. The van der Waals surface area contributed by atoms with Crippen molar-refractivity contribution in [2.75, 3.05) is 5.32 Å². The molecule has 1 aromatic carbocycles. The molecule has 0 spiro atoms. The molecule has 0 atom stereocenters. The van der Waals surface area contributed by atoms with Crippen LogP contribution in [-0.4, -0.2) is 11.8 Å². The Hall–Kier alpha value is -1.40. The number of anilines is 1. The second kappa shape index (κ2) is 4.61. The first-order chi connectivity index (χ1) is 9.06. The molecule has 0 bridgehead atoms. The lowest BCUT2D eigenvalue weighted by Gasteiger charge is -2.03. The zero-order chi connectivity index (χ0) is 13.6. The summed E-state index contributed by atoms with van der Waals surface area (Å²) in [6, 6.07) is 5.65. The Kier molecular flexibility index (Phi) is 3.06. The van der Waals surface area contributed by atoms with Gasteiger partial charge in [-0.05, 0) is 31.0 Å². The quantitative estimate of drug-likeness (QED) is 0.902. The van der Waals surface area contributed by atoms with Crippen molar-refractivity contribution in [1.82, 2.24) is 0 Å². The van der Waals surface area contributed by atoms with Crippen molar-refractivity contribution >= 4 is 54.2 Å². The minimum Gasteiger partial charge on any atom is -0.365 e. The molecule has 2 aromatic rings. The topological polar surface area (TPSA) is 72.2 Å². The summed E-state index contributed by atoms with van der Waals surface area (Å²) in [5.41, 5.74) is 5.84. The normalized spacial score (nSPS) is 14.6. The maximum atomic E-state index is 11.8. The molecule has 6 heteroatoms. The highest BCUT2D eigenvalue weighted by atomic mass is 79.9. The van der Waals surface area contributed by atoms with E-state index in [9.17, 15) is 9.59 Å². The van der Waals surface area contributed by atoms with Crippen molar-refractivity contribution in [3.63, 3.8) is 0 Å². The smallest absolute Gasteiger partial charge is 0.252 e. The van der Waals surface area contributed by atoms with Gasteiger partial charge in [-0.2, -0.15) is 0 Å². The molecule has 1 aliphatic rings. The number of halogens is 1. The van der Waals surface area contributed by atoms with Crippen LogP contribution in [0.3, 0.4) is 0 Å². The molecule has 3 rings (SSSR count). The van der Waals surface area contributed by atoms with Gasteiger partial charge in [-0.25, -0.2) is 0 Å². The average molecular weight is 339 g/mol. The zero-order valence-electron chi connectivity index (χ0n) is 9.90. The molecule has 0 saturated heterocycles. The van der Waals surface area contributed by atoms with Gasteiger partial charge in [0.2, 0.25) is 5.91 Å². The largest absolute Gasteiger partial charge is 0.365 e. The first-order valence-corrected chi connectivity index (χ1v) is 7.50. The van der Waals surface area contributed by atoms with Gasteiger partial charge in [0.05, 0.1) is 5.56 Å². The number of amides is 2. The van der Waals surface area contributed by atoms with Crippen LogP contribution in [0.15, 0.2) is 22.7 Å². The van der Waals surface area contributed by atoms with Crippen LogP contribution in [0.1, 0.15) is 23.2 Å². The summed E-state index contributed by atoms with van der Waals surface area (Å²) in [7, 11) is 0. The van der Waals surface area contributed by atoms with Crippen molar-refractivity contribution in [3.8, 4) is 0 Å². The second-order valence-electron chi connectivity index (χ2n) is 4.57. The third kappa shape index (κ3) is 2.37. The number of benzene rings is 1. The second-order valence-corrected chi connectivity index (χ2v) is 6.54. The maximum absolute atomic E-state index is 11.8. The first kappa shape index (κ1) is 12.6. The predicted octanol–water partition coefficient (Wildman–Crippen LogP) is 3.11. The van der Waals surface area contributed by atoms with Crippen LogP contribution in [0.2, 0.25) is 0 Å². The summed E-state index contributed by atoms with van der Waals surface area (Å²) in [6.07, 6.45) is 1.85. The van der Waals surface area contributed by atoms with E-state index in [0.717, 1.165) is 27.4 Å². The van der Waals surface area contributed by atoms with E-state index in [-0.39, 0.29) is 11.8 Å². The first-order valence-electron chi connectivity index (χ1n) is 5.89. The number of rotatable bonds is 3. The molecule has 1 aromatic heterocycles. The number of carbonyl (C=O) groups is 2. The van der Waals surface area contributed by atoms with Gasteiger partial charge in [0.25, 0.3) is 5.91 Å². The molecular formula is C13H11BrN2O2S. The average Bonchev–Trinajstić information content (AvgIpc) is 3.11. The fourth-order valence-electron chi connectivity index (χ4n) is 1.96. The number of thiophene rings is 1. The van der Waals surface area contributed by atoms with Crippen molar-refractivity contribution in [3.05, 3.63) is 28.2 Å². The third-order valence-corrected chi connectivity index (χ3v) is 4.66. The molecular weight excluding hydrogens is 328 g/mol. The van der Waals surface area contributed by atoms with Crippen molar-refractivity contribution in [2.45, 2.75) is 12.8 Å². The number of primary amides is 1. The lowest BCUT2D eigenvalue weighted by Crippen LogP contribution is -2.17. The maximum Gasteiger partial charge on any atom is 0.252 e. The standard InChI is InChI=1S/C13H11BrN2O2S/c14-7-3-4-9-8(5-7)10(11(15)17)13(19-9)16-12(18)6-1-2-6/h3-6H,1-2H2,(H2,15,17)(H,16,18). The van der Waals surface area contributed by atoms with Gasteiger partial charge < -0.3 is 11.1 Å². The van der Waals surface area contributed by atoms with Crippen molar-refractivity contribution < 1.29 is 9.59 Å². The lowest BCUT2D eigenvalue weighted by molar-refractivity contribution is -0.117. The van der Waals surface area contributed by atoms with E-state index in [0.29, 0.717) is 10.6 Å². The fourth-order valence-corrected chi connectivity index (χ4v) is 3.41. The van der Waals surface area contributed by atoms with E-state index >= 15 is 0 Å². The van der Waals surface area contributed by atoms with Gasteiger partial charge in [-0.15, -0.1) is 11.3 Å². The molecule has 1 aliphatic carbocycles. The molecule has 98 valence electrons. The third-order valence-electron chi connectivity index (χ3n) is 3.08. The van der Waals surface area contributed by atoms with Gasteiger partial charge in [-0.1, -0.05) is 15.9 Å². The Morgan fingerprint density at radius 2 is 2.11 bits per heavy atom. The van der Waals surface area contributed by atoms with Gasteiger partial charge >= 0.3 is 0 Å². The summed E-state index contributed by atoms with van der Waals surface area (Å²) < 4.78 is 1.81. The van der Waals surface area contributed by atoms with Crippen LogP contribution < -0.4 is 11.1 Å². The summed E-state index contributed by atoms with van der Waals surface area (Å²) >= 11 is 4.76. The Labute approximate surface area is 122 Å².